The molecule has 33 heavy (non-hydrogen) atoms. The van der Waals surface area contributed by atoms with Gasteiger partial charge in [-0.1, -0.05) is 41.4 Å². The van der Waals surface area contributed by atoms with Crippen LogP contribution in [0.4, 0.5) is 10.1 Å². The van der Waals surface area contributed by atoms with Gasteiger partial charge in [0.2, 0.25) is 5.91 Å². The molecule has 1 aromatic heterocycles. The van der Waals surface area contributed by atoms with Crippen LogP contribution in [0, 0.1) is 5.82 Å². The van der Waals surface area contributed by atoms with Crippen LogP contribution < -0.4 is 5.32 Å². The molecule has 2 heterocycles. The molecule has 6 nitrogen and oxygen atoms in total. The number of carbonyl (C=O) groups is 1. The van der Waals surface area contributed by atoms with Gasteiger partial charge >= 0.3 is 0 Å². The molecule has 1 amide bonds. The van der Waals surface area contributed by atoms with Crippen LogP contribution in [0.2, 0.25) is 10.0 Å². The molecule has 1 saturated heterocycles. The summed E-state index contributed by atoms with van der Waals surface area (Å²) in [6, 6.07) is 11.2. The van der Waals surface area contributed by atoms with Gasteiger partial charge in [0, 0.05) is 10.7 Å². The van der Waals surface area contributed by atoms with E-state index >= 15 is 0 Å². The highest BCUT2D eigenvalue weighted by Gasteiger charge is 2.26. The minimum atomic E-state index is -0.314. The smallest absolute Gasteiger partial charge is 0.234 e. The zero-order valence-electron chi connectivity index (χ0n) is 18.1. The molecule has 1 aliphatic rings. The van der Waals surface area contributed by atoms with Crippen molar-refractivity contribution in [3.8, 4) is 5.69 Å². The number of anilines is 1. The number of benzene rings is 2. The van der Waals surface area contributed by atoms with Crippen molar-refractivity contribution < 1.29 is 9.18 Å². The summed E-state index contributed by atoms with van der Waals surface area (Å²) in [5.74, 6) is 0.331. The van der Waals surface area contributed by atoms with Crippen LogP contribution in [0.25, 0.3) is 5.69 Å². The van der Waals surface area contributed by atoms with Gasteiger partial charge in [-0.3, -0.25) is 14.3 Å². The largest absolute Gasteiger partial charge is 0.324 e. The van der Waals surface area contributed by atoms with Crippen LogP contribution in [-0.4, -0.2) is 44.4 Å². The number of hydrogen-bond donors (Lipinski definition) is 1. The summed E-state index contributed by atoms with van der Waals surface area (Å²) >= 11 is 13.3. The van der Waals surface area contributed by atoms with Crippen LogP contribution in [0.5, 0.6) is 0 Å². The number of likely N-dealkylation sites (tertiary alicyclic amines) is 1. The van der Waals surface area contributed by atoms with Crippen molar-refractivity contribution >= 4 is 46.6 Å². The second-order valence-corrected chi connectivity index (χ2v) is 9.67. The Morgan fingerprint density at radius 3 is 2.55 bits per heavy atom. The third-order valence-electron chi connectivity index (χ3n) is 5.59. The van der Waals surface area contributed by atoms with E-state index in [1.807, 2.05) is 4.57 Å². The maximum atomic E-state index is 13.6. The average molecular weight is 508 g/mol. The first kappa shape index (κ1) is 24.0. The van der Waals surface area contributed by atoms with Crippen molar-refractivity contribution in [2.24, 2.45) is 0 Å². The van der Waals surface area contributed by atoms with E-state index < -0.39 is 0 Å². The van der Waals surface area contributed by atoms with Gasteiger partial charge in [-0.05, 0) is 75.3 Å². The van der Waals surface area contributed by atoms with Crippen molar-refractivity contribution in [1.29, 1.82) is 0 Å². The summed E-state index contributed by atoms with van der Waals surface area (Å²) in [4.78, 5) is 15.0. The predicted octanol–water partition coefficient (Wildman–Crippen LogP) is 5.99. The fourth-order valence-electron chi connectivity index (χ4n) is 3.85. The Kier molecular flexibility index (Phi) is 7.90. The van der Waals surface area contributed by atoms with Gasteiger partial charge in [0.25, 0.3) is 0 Å². The van der Waals surface area contributed by atoms with E-state index in [0.717, 1.165) is 37.4 Å². The van der Waals surface area contributed by atoms with Crippen molar-refractivity contribution in [2.75, 3.05) is 24.2 Å². The lowest BCUT2D eigenvalue weighted by molar-refractivity contribution is -0.113. The summed E-state index contributed by atoms with van der Waals surface area (Å²) < 4.78 is 15.5. The molecule has 1 atom stereocenters. The summed E-state index contributed by atoms with van der Waals surface area (Å²) in [7, 11) is 0. The second kappa shape index (κ2) is 10.9. The van der Waals surface area contributed by atoms with E-state index in [0.29, 0.717) is 20.9 Å². The minimum absolute atomic E-state index is 0.0407. The van der Waals surface area contributed by atoms with Gasteiger partial charge in [0.15, 0.2) is 11.0 Å². The van der Waals surface area contributed by atoms with E-state index in [2.05, 4.69) is 27.3 Å². The Bertz CT molecular complexity index is 1120. The molecule has 1 unspecified atom stereocenters. The van der Waals surface area contributed by atoms with Crippen molar-refractivity contribution in [2.45, 2.75) is 37.4 Å². The fourth-order valence-corrected chi connectivity index (χ4v) is 5.07. The zero-order chi connectivity index (χ0) is 23.4. The number of piperidine rings is 1. The number of halogens is 3. The van der Waals surface area contributed by atoms with Crippen molar-refractivity contribution in [3.63, 3.8) is 0 Å². The van der Waals surface area contributed by atoms with E-state index in [4.69, 9.17) is 23.2 Å². The number of amides is 1. The lowest BCUT2D eigenvalue weighted by atomic mass is 10.1. The molecule has 0 aliphatic carbocycles. The van der Waals surface area contributed by atoms with Gasteiger partial charge in [0.05, 0.1) is 22.5 Å². The summed E-state index contributed by atoms with van der Waals surface area (Å²) in [6.07, 6.45) is 3.55. The fraction of sp³-hybridized carbons (Fsp3) is 0.348. The Morgan fingerprint density at radius 1 is 1.12 bits per heavy atom. The van der Waals surface area contributed by atoms with Gasteiger partial charge in [0.1, 0.15) is 5.82 Å². The Balaban J connectivity index is 1.55. The standard InChI is InChI=1S/C23H24Cl2FN5OS/c1-15(30-11-3-2-4-12-30)22-28-29-23(31(22)18-8-6-17(26)7-9-18)33-14-21(32)27-20-10-5-16(24)13-19(20)25/h5-10,13,15H,2-4,11-12,14H2,1H3,(H,27,32). The highest BCUT2D eigenvalue weighted by atomic mass is 35.5. The lowest BCUT2D eigenvalue weighted by Gasteiger charge is -2.31. The first-order valence-electron chi connectivity index (χ1n) is 10.8. The molecule has 1 aliphatic heterocycles. The van der Waals surface area contributed by atoms with Crippen LogP contribution in [0.3, 0.4) is 0 Å². The van der Waals surface area contributed by atoms with Gasteiger partial charge < -0.3 is 5.32 Å². The van der Waals surface area contributed by atoms with E-state index in [-0.39, 0.29) is 23.5 Å². The molecule has 1 N–H and O–H groups in total. The zero-order valence-corrected chi connectivity index (χ0v) is 20.4. The van der Waals surface area contributed by atoms with Crippen molar-refractivity contribution in [3.05, 3.63) is 64.2 Å². The van der Waals surface area contributed by atoms with E-state index in [1.165, 1.54) is 30.3 Å². The highest BCUT2D eigenvalue weighted by Crippen LogP contribution is 2.30. The van der Waals surface area contributed by atoms with Crippen LogP contribution in [-0.2, 0) is 4.79 Å². The number of hydrogen-bond acceptors (Lipinski definition) is 5. The Morgan fingerprint density at radius 2 is 1.85 bits per heavy atom. The van der Waals surface area contributed by atoms with Crippen LogP contribution in [0.1, 0.15) is 38.1 Å². The molecule has 0 saturated carbocycles. The minimum Gasteiger partial charge on any atom is -0.324 e. The maximum Gasteiger partial charge on any atom is 0.234 e. The summed E-state index contributed by atoms with van der Waals surface area (Å²) in [5.41, 5.74) is 1.25. The third kappa shape index (κ3) is 5.87. The number of carbonyl (C=O) groups excluding carboxylic acids is 1. The Hall–Kier alpha value is -2.13. The molecular formula is C23H24Cl2FN5OS. The van der Waals surface area contributed by atoms with Gasteiger partial charge in [-0.25, -0.2) is 4.39 Å². The van der Waals surface area contributed by atoms with E-state index in [1.54, 1.807) is 30.3 Å². The van der Waals surface area contributed by atoms with Gasteiger partial charge in [-0.2, -0.15) is 0 Å². The molecule has 10 heteroatoms. The van der Waals surface area contributed by atoms with Gasteiger partial charge in [-0.15, -0.1) is 10.2 Å². The van der Waals surface area contributed by atoms with E-state index in [9.17, 15) is 9.18 Å². The number of thioether (sulfide) groups is 1. The molecule has 1 fully saturated rings. The summed E-state index contributed by atoms with van der Waals surface area (Å²) in [5, 5.41) is 13.1. The Labute approximate surface area is 206 Å². The van der Waals surface area contributed by atoms with Crippen molar-refractivity contribution in [1.82, 2.24) is 19.7 Å². The normalized spacial score (nSPS) is 15.4. The number of nitrogens with one attached hydrogen (secondary N) is 1. The molecule has 0 bridgehead atoms. The first-order valence-corrected chi connectivity index (χ1v) is 12.5. The number of aromatic nitrogens is 3. The third-order valence-corrected chi connectivity index (χ3v) is 7.07. The molecule has 174 valence electrons. The molecule has 3 aromatic rings. The SMILES string of the molecule is CC(c1nnc(SCC(=O)Nc2ccc(Cl)cc2Cl)n1-c1ccc(F)cc1)N1CCCCC1. The summed E-state index contributed by atoms with van der Waals surface area (Å²) in [6.45, 7) is 4.12. The monoisotopic (exact) mass is 507 g/mol. The van der Waals surface area contributed by atoms with Crippen LogP contribution in [0.15, 0.2) is 47.6 Å². The number of rotatable bonds is 7. The first-order chi connectivity index (χ1) is 15.9. The second-order valence-electron chi connectivity index (χ2n) is 7.89. The molecule has 0 radical (unpaired) electrons. The molecule has 2 aromatic carbocycles. The number of nitrogens with zero attached hydrogens (tertiary/aromatic N) is 4. The maximum absolute atomic E-state index is 13.6. The molecule has 4 rings (SSSR count). The van der Waals surface area contributed by atoms with Crippen LogP contribution >= 0.6 is 35.0 Å². The molecule has 0 spiro atoms. The topological polar surface area (TPSA) is 63.1 Å². The lowest BCUT2D eigenvalue weighted by Crippen LogP contribution is -2.33. The predicted molar refractivity (Wildman–Crippen MR) is 131 cm³/mol. The molecular weight excluding hydrogens is 484 g/mol. The average Bonchev–Trinajstić information content (AvgIpc) is 3.24. The quantitative estimate of drug-likeness (QED) is 0.397. The highest BCUT2D eigenvalue weighted by molar-refractivity contribution is 7.99.